The van der Waals surface area contributed by atoms with Gasteiger partial charge in [0.2, 0.25) is 5.88 Å². The van der Waals surface area contributed by atoms with Crippen molar-refractivity contribution in [3.05, 3.63) is 36.0 Å². The zero-order valence-corrected chi connectivity index (χ0v) is 9.70. The van der Waals surface area contributed by atoms with E-state index < -0.39 is 0 Å². The molecular weight excluding hydrogens is 228 g/mol. The van der Waals surface area contributed by atoms with Gasteiger partial charge in [-0.05, 0) is 12.1 Å². The maximum Gasteiger partial charge on any atom is 0.257 e. The molecule has 0 aromatic carbocycles. The summed E-state index contributed by atoms with van der Waals surface area (Å²) in [5.41, 5.74) is 0.421. The molecule has 1 aromatic rings. The highest BCUT2D eigenvalue weighted by Crippen LogP contribution is 2.12. The average molecular weight is 241 g/mol. The molecule has 1 amide bonds. The number of carbonyl (C=O) groups is 1. The summed E-state index contributed by atoms with van der Waals surface area (Å²) in [6.45, 7) is 0.434. The third-order valence-electron chi connectivity index (χ3n) is 1.85. The monoisotopic (exact) mass is 240 g/mol. The molecule has 0 bridgehead atoms. The van der Waals surface area contributed by atoms with Gasteiger partial charge in [-0.3, -0.25) is 4.79 Å². The number of hydrogen-bond acceptors (Lipinski definition) is 3. The molecule has 0 fully saturated rings. The number of nitrogens with one attached hydrogen (secondary N) is 1. The van der Waals surface area contributed by atoms with Crippen molar-refractivity contribution in [2.45, 2.75) is 0 Å². The van der Waals surface area contributed by atoms with Crippen molar-refractivity contribution in [3.8, 4) is 5.88 Å². The third kappa shape index (κ3) is 3.55. The highest BCUT2D eigenvalue weighted by Gasteiger charge is 2.10. The lowest BCUT2D eigenvalue weighted by Gasteiger charge is -2.06. The van der Waals surface area contributed by atoms with Crippen LogP contribution in [-0.4, -0.2) is 30.4 Å². The minimum atomic E-state index is -0.218. The maximum absolute atomic E-state index is 11.7. The molecule has 1 aromatic heterocycles. The minimum absolute atomic E-state index is 0.218. The molecule has 86 valence electrons. The number of carbonyl (C=O) groups excluding carboxylic acids is 1. The Hall–Kier alpha value is -1.55. The van der Waals surface area contributed by atoms with Gasteiger partial charge in [0, 0.05) is 18.6 Å². The number of allylic oxidation sites excluding steroid dienone is 1. The third-order valence-corrected chi connectivity index (χ3v) is 2.02. The predicted octanol–water partition coefficient (Wildman–Crippen LogP) is 1.61. The van der Waals surface area contributed by atoms with Crippen LogP contribution in [0.3, 0.4) is 0 Å². The number of methoxy groups -OCH3 is 1. The van der Waals surface area contributed by atoms with E-state index in [4.69, 9.17) is 16.3 Å². The molecule has 1 heterocycles. The zero-order chi connectivity index (χ0) is 11.8. The number of ether oxygens (including phenoxy) is 1. The molecule has 0 unspecified atom stereocenters. The van der Waals surface area contributed by atoms with Gasteiger partial charge >= 0.3 is 0 Å². The van der Waals surface area contributed by atoms with E-state index in [0.29, 0.717) is 23.9 Å². The van der Waals surface area contributed by atoms with Crippen LogP contribution in [0.5, 0.6) is 5.88 Å². The second kappa shape index (κ2) is 6.85. The SMILES string of the molecule is COc1ncccc1C(=O)NC/C=C/CCl. The van der Waals surface area contributed by atoms with Crippen LogP contribution in [0.4, 0.5) is 0 Å². The first-order valence-electron chi connectivity index (χ1n) is 4.77. The van der Waals surface area contributed by atoms with Crippen molar-refractivity contribution < 1.29 is 9.53 Å². The van der Waals surface area contributed by atoms with Gasteiger partial charge in [-0.2, -0.15) is 0 Å². The number of aromatic nitrogens is 1. The first-order valence-corrected chi connectivity index (χ1v) is 5.31. The first kappa shape index (κ1) is 12.5. The van der Waals surface area contributed by atoms with Crippen molar-refractivity contribution >= 4 is 17.5 Å². The summed E-state index contributed by atoms with van der Waals surface area (Å²) in [4.78, 5) is 15.6. The van der Waals surface area contributed by atoms with Crippen molar-refractivity contribution in [3.63, 3.8) is 0 Å². The van der Waals surface area contributed by atoms with Gasteiger partial charge in [-0.25, -0.2) is 4.98 Å². The standard InChI is InChI=1S/C11H13ClN2O2/c1-16-11-9(5-4-8-14-11)10(15)13-7-3-2-6-12/h2-5,8H,6-7H2,1H3,(H,13,15)/b3-2+. The fourth-order valence-corrected chi connectivity index (χ4v) is 1.25. The molecule has 0 aliphatic rings. The molecule has 0 saturated heterocycles. The fraction of sp³-hybridized carbons (Fsp3) is 0.273. The second-order valence-corrected chi connectivity index (χ2v) is 3.20. The van der Waals surface area contributed by atoms with Gasteiger partial charge in [0.05, 0.1) is 7.11 Å². The largest absolute Gasteiger partial charge is 0.480 e. The minimum Gasteiger partial charge on any atom is -0.480 e. The number of halogens is 1. The summed E-state index contributed by atoms with van der Waals surface area (Å²) < 4.78 is 4.98. The van der Waals surface area contributed by atoms with Gasteiger partial charge in [-0.15, -0.1) is 11.6 Å². The van der Waals surface area contributed by atoms with Crippen LogP contribution in [-0.2, 0) is 0 Å². The number of rotatable bonds is 5. The Morgan fingerprint density at radius 2 is 2.44 bits per heavy atom. The number of nitrogens with zero attached hydrogens (tertiary/aromatic N) is 1. The predicted molar refractivity (Wildman–Crippen MR) is 63.0 cm³/mol. The molecule has 1 rings (SSSR count). The van der Waals surface area contributed by atoms with E-state index >= 15 is 0 Å². The number of amides is 1. The molecule has 5 heteroatoms. The summed E-state index contributed by atoms with van der Waals surface area (Å²) in [6.07, 6.45) is 5.12. The van der Waals surface area contributed by atoms with Crippen LogP contribution >= 0.6 is 11.6 Å². The van der Waals surface area contributed by atoms with E-state index in [1.165, 1.54) is 7.11 Å². The normalized spacial score (nSPS) is 10.4. The molecule has 0 atom stereocenters. The summed E-state index contributed by atoms with van der Waals surface area (Å²) in [5, 5.41) is 2.70. The quantitative estimate of drug-likeness (QED) is 0.629. The summed E-state index contributed by atoms with van der Waals surface area (Å²) in [5.74, 6) is 0.539. The summed E-state index contributed by atoms with van der Waals surface area (Å²) in [7, 11) is 1.48. The lowest BCUT2D eigenvalue weighted by molar-refractivity contribution is 0.0954. The average Bonchev–Trinajstić information content (AvgIpc) is 2.34. The van der Waals surface area contributed by atoms with Crippen LogP contribution in [0.25, 0.3) is 0 Å². The fourth-order valence-electron chi connectivity index (χ4n) is 1.12. The van der Waals surface area contributed by atoms with E-state index in [9.17, 15) is 4.79 Å². The molecule has 16 heavy (non-hydrogen) atoms. The molecule has 0 aliphatic heterocycles. The van der Waals surface area contributed by atoms with E-state index in [0.717, 1.165) is 0 Å². The summed E-state index contributed by atoms with van der Waals surface area (Å²) >= 11 is 5.45. The Kier molecular flexibility index (Phi) is 5.36. The van der Waals surface area contributed by atoms with E-state index in [-0.39, 0.29) is 5.91 Å². The van der Waals surface area contributed by atoms with Crippen LogP contribution in [0.2, 0.25) is 0 Å². The van der Waals surface area contributed by atoms with Gasteiger partial charge in [0.25, 0.3) is 5.91 Å². The number of pyridine rings is 1. The Labute approximate surface area is 99.3 Å². The van der Waals surface area contributed by atoms with E-state index in [2.05, 4.69) is 10.3 Å². The lowest BCUT2D eigenvalue weighted by Crippen LogP contribution is -2.24. The van der Waals surface area contributed by atoms with Crippen LogP contribution in [0.1, 0.15) is 10.4 Å². The van der Waals surface area contributed by atoms with Crippen LogP contribution < -0.4 is 10.1 Å². The van der Waals surface area contributed by atoms with E-state index in [1.807, 2.05) is 0 Å². The summed E-state index contributed by atoms with van der Waals surface area (Å²) in [6, 6.07) is 3.35. The second-order valence-electron chi connectivity index (χ2n) is 2.90. The Morgan fingerprint density at radius 1 is 1.62 bits per heavy atom. The Bertz CT molecular complexity index is 380. The Balaban J connectivity index is 2.62. The molecule has 0 saturated carbocycles. The molecule has 4 nitrogen and oxygen atoms in total. The van der Waals surface area contributed by atoms with Crippen LogP contribution in [0, 0.1) is 0 Å². The Morgan fingerprint density at radius 3 is 3.12 bits per heavy atom. The van der Waals surface area contributed by atoms with Gasteiger partial charge < -0.3 is 10.1 Å². The number of alkyl halides is 1. The van der Waals surface area contributed by atoms with Gasteiger partial charge in [0.15, 0.2) is 0 Å². The molecule has 0 aliphatic carbocycles. The topological polar surface area (TPSA) is 51.2 Å². The zero-order valence-electron chi connectivity index (χ0n) is 8.94. The van der Waals surface area contributed by atoms with Crippen molar-refractivity contribution in [2.75, 3.05) is 19.5 Å². The van der Waals surface area contributed by atoms with Crippen molar-refractivity contribution in [1.29, 1.82) is 0 Å². The lowest BCUT2D eigenvalue weighted by atomic mass is 10.2. The van der Waals surface area contributed by atoms with Gasteiger partial charge in [-0.1, -0.05) is 12.2 Å². The highest BCUT2D eigenvalue weighted by atomic mass is 35.5. The molecule has 1 N–H and O–H groups in total. The van der Waals surface area contributed by atoms with Crippen molar-refractivity contribution in [1.82, 2.24) is 10.3 Å². The molecular formula is C11H13ClN2O2. The van der Waals surface area contributed by atoms with E-state index in [1.54, 1.807) is 30.5 Å². The van der Waals surface area contributed by atoms with Crippen molar-refractivity contribution in [2.24, 2.45) is 0 Å². The number of hydrogen-bond donors (Lipinski definition) is 1. The smallest absolute Gasteiger partial charge is 0.257 e. The maximum atomic E-state index is 11.7. The first-order chi connectivity index (χ1) is 7.79. The van der Waals surface area contributed by atoms with Crippen LogP contribution in [0.15, 0.2) is 30.5 Å². The highest BCUT2D eigenvalue weighted by molar-refractivity contribution is 6.18. The molecule has 0 spiro atoms. The van der Waals surface area contributed by atoms with Gasteiger partial charge in [0.1, 0.15) is 5.56 Å². The molecule has 0 radical (unpaired) electrons.